The number of hydrogen-bond acceptors (Lipinski definition) is 7. The molecule has 1 saturated heterocycles. The standard InChI is InChI=1S/C21H29N7O/c1-14(2)15(12-22)10-19(23)26-20-5-4-17-18(25-20)11-16(13-24-17)28-7-6-21(29)27(3)8-9-28/h4-5,10-14H,6-9,22-23H2,1-3H3,(H,25,26)/b15-12+,19-10+. The van der Waals surface area contributed by atoms with Crippen LogP contribution in [0.5, 0.6) is 0 Å². The Morgan fingerprint density at radius 1 is 1.24 bits per heavy atom. The maximum atomic E-state index is 11.9. The Morgan fingerprint density at radius 2 is 2.03 bits per heavy atom. The Morgan fingerprint density at radius 3 is 2.76 bits per heavy atom. The highest BCUT2D eigenvalue weighted by atomic mass is 16.2. The molecule has 3 rings (SSSR count). The van der Waals surface area contributed by atoms with Crippen LogP contribution in [0.4, 0.5) is 11.5 Å². The van der Waals surface area contributed by atoms with Gasteiger partial charge in [0, 0.05) is 33.1 Å². The molecule has 0 spiro atoms. The quantitative estimate of drug-likeness (QED) is 0.664. The predicted octanol–water partition coefficient (Wildman–Crippen LogP) is 2.01. The van der Waals surface area contributed by atoms with Gasteiger partial charge in [-0.1, -0.05) is 13.8 Å². The van der Waals surface area contributed by atoms with Gasteiger partial charge in [-0.05, 0) is 42.0 Å². The Bertz CT molecular complexity index is 951. The van der Waals surface area contributed by atoms with Crippen LogP contribution in [-0.4, -0.2) is 47.5 Å². The lowest BCUT2D eigenvalue weighted by atomic mass is 10.0. The summed E-state index contributed by atoms with van der Waals surface area (Å²) in [6, 6.07) is 5.75. The van der Waals surface area contributed by atoms with Gasteiger partial charge in [0.1, 0.15) is 11.6 Å². The SMILES string of the molecule is CC(C)C(=C/N)/C=C(\N)Nc1ccc2ncc(N3CCC(=O)N(C)CC3)cc2n1. The molecule has 0 aliphatic carbocycles. The summed E-state index contributed by atoms with van der Waals surface area (Å²) in [6.45, 7) is 6.25. The van der Waals surface area contributed by atoms with E-state index in [1.165, 1.54) is 0 Å². The number of pyridine rings is 2. The molecular formula is C21H29N7O. The first-order valence-electron chi connectivity index (χ1n) is 9.79. The topological polar surface area (TPSA) is 113 Å². The minimum atomic E-state index is 0.167. The molecule has 0 bridgehead atoms. The summed E-state index contributed by atoms with van der Waals surface area (Å²) >= 11 is 0. The number of rotatable bonds is 5. The molecule has 8 heteroatoms. The molecule has 0 saturated carbocycles. The summed E-state index contributed by atoms with van der Waals surface area (Å²) < 4.78 is 0. The van der Waals surface area contributed by atoms with Crippen LogP contribution < -0.4 is 21.7 Å². The minimum absolute atomic E-state index is 0.167. The second-order valence-electron chi connectivity index (χ2n) is 7.53. The van der Waals surface area contributed by atoms with Crippen LogP contribution in [0, 0.1) is 5.92 Å². The van der Waals surface area contributed by atoms with E-state index in [-0.39, 0.29) is 11.8 Å². The van der Waals surface area contributed by atoms with Gasteiger partial charge in [-0.2, -0.15) is 0 Å². The molecule has 29 heavy (non-hydrogen) atoms. The van der Waals surface area contributed by atoms with Crippen LogP contribution in [0.3, 0.4) is 0 Å². The van der Waals surface area contributed by atoms with E-state index in [2.05, 4.69) is 34.0 Å². The third kappa shape index (κ3) is 4.96. The maximum Gasteiger partial charge on any atom is 0.224 e. The lowest BCUT2D eigenvalue weighted by Crippen LogP contribution is -2.30. The Balaban J connectivity index is 1.82. The van der Waals surface area contributed by atoms with Crippen LogP contribution in [0.25, 0.3) is 11.0 Å². The average Bonchev–Trinajstić information content (AvgIpc) is 2.86. The number of likely N-dealkylation sites (N-methyl/N-ethyl adjacent to an activating group) is 1. The molecule has 0 aromatic carbocycles. The van der Waals surface area contributed by atoms with Crippen molar-refractivity contribution >= 4 is 28.4 Å². The number of aromatic nitrogens is 2. The average molecular weight is 396 g/mol. The smallest absolute Gasteiger partial charge is 0.224 e. The lowest BCUT2D eigenvalue weighted by Gasteiger charge is -2.22. The molecule has 1 aliphatic heterocycles. The number of nitrogens with zero attached hydrogens (tertiary/aromatic N) is 4. The van der Waals surface area contributed by atoms with Crippen molar-refractivity contribution < 1.29 is 4.79 Å². The van der Waals surface area contributed by atoms with Gasteiger partial charge in [0.05, 0.1) is 22.9 Å². The van der Waals surface area contributed by atoms with E-state index < -0.39 is 0 Å². The second-order valence-corrected chi connectivity index (χ2v) is 7.53. The Kier molecular flexibility index (Phi) is 6.21. The number of anilines is 2. The maximum absolute atomic E-state index is 11.9. The van der Waals surface area contributed by atoms with Gasteiger partial charge in [-0.3, -0.25) is 9.78 Å². The van der Waals surface area contributed by atoms with Gasteiger partial charge in [0.15, 0.2) is 0 Å². The number of amides is 1. The number of carbonyl (C=O) groups is 1. The van der Waals surface area contributed by atoms with Crippen LogP contribution in [0.1, 0.15) is 20.3 Å². The van der Waals surface area contributed by atoms with Gasteiger partial charge in [-0.15, -0.1) is 0 Å². The highest BCUT2D eigenvalue weighted by molar-refractivity contribution is 5.81. The lowest BCUT2D eigenvalue weighted by molar-refractivity contribution is -0.129. The number of hydrogen-bond donors (Lipinski definition) is 3. The first-order chi connectivity index (χ1) is 13.9. The monoisotopic (exact) mass is 395 g/mol. The summed E-state index contributed by atoms with van der Waals surface area (Å²) in [7, 11) is 1.84. The fourth-order valence-corrected chi connectivity index (χ4v) is 3.20. The van der Waals surface area contributed by atoms with Crippen molar-refractivity contribution in [1.82, 2.24) is 14.9 Å². The number of fused-ring (bicyclic) bond motifs is 1. The fraction of sp³-hybridized carbons (Fsp3) is 0.381. The molecular weight excluding hydrogens is 366 g/mol. The van der Waals surface area contributed by atoms with Gasteiger partial charge in [-0.25, -0.2) is 4.98 Å². The molecule has 0 atom stereocenters. The summed E-state index contributed by atoms with van der Waals surface area (Å²) in [6.07, 6.45) is 5.71. The summed E-state index contributed by atoms with van der Waals surface area (Å²) in [5, 5.41) is 3.11. The number of carbonyl (C=O) groups excluding carboxylic acids is 1. The zero-order chi connectivity index (χ0) is 21.0. The molecule has 0 unspecified atom stereocenters. The largest absolute Gasteiger partial charge is 0.404 e. The molecule has 0 radical (unpaired) electrons. The molecule has 8 nitrogen and oxygen atoms in total. The van der Waals surface area contributed by atoms with E-state index in [0.717, 1.165) is 28.8 Å². The number of nitrogens with two attached hydrogens (primary N) is 2. The van der Waals surface area contributed by atoms with Gasteiger partial charge in [0.2, 0.25) is 5.91 Å². The first kappa shape index (κ1) is 20.4. The predicted molar refractivity (Wildman–Crippen MR) is 117 cm³/mol. The van der Waals surface area contributed by atoms with Gasteiger partial charge in [0.25, 0.3) is 0 Å². The highest BCUT2D eigenvalue weighted by Crippen LogP contribution is 2.22. The molecule has 154 valence electrons. The molecule has 3 heterocycles. The highest BCUT2D eigenvalue weighted by Gasteiger charge is 2.18. The van der Waals surface area contributed by atoms with Crippen LogP contribution in [0.2, 0.25) is 0 Å². The molecule has 5 N–H and O–H groups in total. The summed E-state index contributed by atoms with van der Waals surface area (Å²) in [5.74, 6) is 1.55. The van der Waals surface area contributed by atoms with Gasteiger partial charge >= 0.3 is 0 Å². The third-order valence-corrected chi connectivity index (χ3v) is 5.07. The Hall–Kier alpha value is -3.29. The molecule has 2 aromatic heterocycles. The zero-order valence-electron chi connectivity index (χ0n) is 17.2. The first-order valence-corrected chi connectivity index (χ1v) is 9.79. The van der Waals surface area contributed by atoms with Crippen molar-refractivity contribution in [2.45, 2.75) is 20.3 Å². The van der Waals surface area contributed by atoms with E-state index in [1.54, 1.807) is 11.1 Å². The van der Waals surface area contributed by atoms with Crippen molar-refractivity contribution in [3.8, 4) is 0 Å². The summed E-state index contributed by atoms with van der Waals surface area (Å²) in [5.41, 5.74) is 15.2. The number of nitrogens with one attached hydrogen (secondary N) is 1. The van der Waals surface area contributed by atoms with Crippen LogP contribution in [0.15, 0.2) is 48.1 Å². The zero-order valence-corrected chi connectivity index (χ0v) is 17.2. The van der Waals surface area contributed by atoms with Crippen LogP contribution in [-0.2, 0) is 4.79 Å². The van der Waals surface area contributed by atoms with E-state index in [0.29, 0.717) is 31.1 Å². The van der Waals surface area contributed by atoms with Crippen molar-refractivity contribution in [2.75, 3.05) is 36.9 Å². The molecule has 2 aromatic rings. The van der Waals surface area contributed by atoms with Crippen molar-refractivity contribution in [2.24, 2.45) is 17.4 Å². The van der Waals surface area contributed by atoms with Crippen molar-refractivity contribution in [3.05, 3.63) is 48.1 Å². The fourth-order valence-electron chi connectivity index (χ4n) is 3.20. The normalized spacial score (nSPS) is 16.5. The van der Waals surface area contributed by atoms with E-state index in [9.17, 15) is 4.79 Å². The molecule has 1 fully saturated rings. The van der Waals surface area contributed by atoms with Crippen LogP contribution >= 0.6 is 0 Å². The minimum Gasteiger partial charge on any atom is -0.404 e. The van der Waals surface area contributed by atoms with Crippen molar-refractivity contribution in [1.29, 1.82) is 0 Å². The van der Waals surface area contributed by atoms with E-state index in [1.807, 2.05) is 37.5 Å². The van der Waals surface area contributed by atoms with E-state index >= 15 is 0 Å². The summed E-state index contributed by atoms with van der Waals surface area (Å²) in [4.78, 5) is 25.0. The second kappa shape index (κ2) is 8.81. The molecule has 1 amide bonds. The van der Waals surface area contributed by atoms with Gasteiger partial charge < -0.3 is 26.6 Å². The molecule has 1 aliphatic rings. The Labute approximate surface area is 171 Å². The third-order valence-electron chi connectivity index (χ3n) is 5.07. The number of allylic oxidation sites excluding steroid dienone is 2. The van der Waals surface area contributed by atoms with E-state index in [4.69, 9.17) is 11.5 Å². The van der Waals surface area contributed by atoms with Crippen molar-refractivity contribution in [3.63, 3.8) is 0 Å².